The molecule has 23 heavy (non-hydrogen) atoms. The Bertz CT molecular complexity index is 739. The SMILES string of the molecule is Cn1cc(C#Cc2cnc(Cl)cc2N2CCC(CO)CC2)cn1. The maximum absolute atomic E-state index is 9.28. The largest absolute Gasteiger partial charge is 0.396 e. The molecule has 5 nitrogen and oxygen atoms in total. The van der Waals surface area contributed by atoms with Crippen LogP contribution in [-0.2, 0) is 7.05 Å². The number of aliphatic hydroxyl groups is 1. The summed E-state index contributed by atoms with van der Waals surface area (Å²) >= 11 is 6.07. The van der Waals surface area contributed by atoms with Crippen molar-refractivity contribution in [3.05, 3.63) is 40.9 Å². The van der Waals surface area contributed by atoms with E-state index < -0.39 is 0 Å². The summed E-state index contributed by atoms with van der Waals surface area (Å²) in [6, 6.07) is 1.87. The number of hydrogen-bond donors (Lipinski definition) is 1. The van der Waals surface area contributed by atoms with Gasteiger partial charge in [0.2, 0.25) is 0 Å². The van der Waals surface area contributed by atoms with Gasteiger partial charge in [0, 0.05) is 45.2 Å². The molecule has 0 amide bonds. The van der Waals surface area contributed by atoms with Crippen LogP contribution in [0.2, 0.25) is 5.15 Å². The third-order valence-corrected chi connectivity index (χ3v) is 4.32. The predicted molar refractivity (Wildman–Crippen MR) is 90.5 cm³/mol. The number of halogens is 1. The number of aryl methyl sites for hydroxylation is 1. The molecule has 1 aliphatic heterocycles. The van der Waals surface area contributed by atoms with Crippen molar-refractivity contribution in [2.75, 3.05) is 24.6 Å². The molecule has 3 rings (SSSR count). The summed E-state index contributed by atoms with van der Waals surface area (Å²) < 4.78 is 1.73. The van der Waals surface area contributed by atoms with Gasteiger partial charge in [-0.2, -0.15) is 5.10 Å². The van der Waals surface area contributed by atoms with Crippen LogP contribution in [0.25, 0.3) is 0 Å². The first-order chi connectivity index (χ1) is 11.2. The fraction of sp³-hybridized carbons (Fsp3) is 0.412. The molecular weight excluding hydrogens is 312 g/mol. The molecule has 0 radical (unpaired) electrons. The third-order valence-electron chi connectivity index (χ3n) is 4.11. The summed E-state index contributed by atoms with van der Waals surface area (Å²) in [5, 5.41) is 13.9. The van der Waals surface area contributed by atoms with Gasteiger partial charge in [0.25, 0.3) is 0 Å². The van der Waals surface area contributed by atoms with Crippen molar-refractivity contribution in [1.82, 2.24) is 14.8 Å². The number of pyridine rings is 1. The van der Waals surface area contributed by atoms with Crippen LogP contribution in [0.5, 0.6) is 0 Å². The number of hydrogen-bond acceptors (Lipinski definition) is 4. The molecule has 6 heteroatoms. The van der Waals surface area contributed by atoms with E-state index in [1.165, 1.54) is 0 Å². The molecule has 0 spiro atoms. The second kappa shape index (κ2) is 7.03. The first-order valence-electron chi connectivity index (χ1n) is 7.67. The second-order valence-electron chi connectivity index (χ2n) is 5.79. The van der Waals surface area contributed by atoms with E-state index in [0.29, 0.717) is 11.1 Å². The van der Waals surface area contributed by atoms with Gasteiger partial charge in [-0.3, -0.25) is 4.68 Å². The molecule has 1 N–H and O–H groups in total. The number of aliphatic hydroxyl groups excluding tert-OH is 1. The average Bonchev–Trinajstić information content (AvgIpc) is 2.99. The molecule has 1 saturated heterocycles. The predicted octanol–water partition coefficient (Wildman–Crippen LogP) is 2.08. The van der Waals surface area contributed by atoms with Crippen molar-refractivity contribution < 1.29 is 5.11 Å². The van der Waals surface area contributed by atoms with Crippen LogP contribution in [0.3, 0.4) is 0 Å². The number of rotatable bonds is 2. The standard InChI is InChI=1S/C17H19ClN4O/c1-21-11-14(9-20-21)2-3-15-10-19-17(18)8-16(15)22-6-4-13(12-23)5-7-22/h8-11,13,23H,4-7,12H2,1H3. The lowest BCUT2D eigenvalue weighted by atomic mass is 9.97. The topological polar surface area (TPSA) is 54.2 Å². The van der Waals surface area contributed by atoms with Crippen molar-refractivity contribution in [3.8, 4) is 11.8 Å². The van der Waals surface area contributed by atoms with Crippen molar-refractivity contribution in [1.29, 1.82) is 0 Å². The van der Waals surface area contributed by atoms with E-state index in [-0.39, 0.29) is 6.61 Å². The number of nitrogens with zero attached hydrogens (tertiary/aromatic N) is 4. The Balaban J connectivity index is 1.85. The molecule has 2 aromatic heterocycles. The normalized spacial score (nSPS) is 15.3. The molecule has 0 aliphatic carbocycles. The van der Waals surface area contributed by atoms with Crippen LogP contribution in [0, 0.1) is 17.8 Å². The second-order valence-corrected chi connectivity index (χ2v) is 6.18. The van der Waals surface area contributed by atoms with Gasteiger partial charge >= 0.3 is 0 Å². The highest BCUT2D eigenvalue weighted by molar-refractivity contribution is 6.29. The summed E-state index contributed by atoms with van der Waals surface area (Å²) in [5.41, 5.74) is 2.74. The third kappa shape index (κ3) is 3.84. The van der Waals surface area contributed by atoms with Gasteiger partial charge < -0.3 is 10.0 Å². The number of anilines is 1. The Labute approximate surface area is 140 Å². The summed E-state index contributed by atoms with van der Waals surface area (Å²) in [6.45, 7) is 2.05. The van der Waals surface area contributed by atoms with Crippen molar-refractivity contribution in [2.24, 2.45) is 13.0 Å². The van der Waals surface area contributed by atoms with Crippen molar-refractivity contribution in [3.63, 3.8) is 0 Å². The quantitative estimate of drug-likeness (QED) is 0.676. The first-order valence-corrected chi connectivity index (χ1v) is 8.05. The molecular formula is C17H19ClN4O. The number of piperidine rings is 1. The Kier molecular flexibility index (Phi) is 4.85. The molecule has 1 fully saturated rings. The fourth-order valence-corrected chi connectivity index (χ4v) is 2.91. The number of aromatic nitrogens is 3. The van der Waals surface area contributed by atoms with Crippen LogP contribution in [0.15, 0.2) is 24.7 Å². The lowest BCUT2D eigenvalue weighted by Crippen LogP contribution is -2.35. The smallest absolute Gasteiger partial charge is 0.131 e. The molecule has 0 unspecified atom stereocenters. The molecule has 0 atom stereocenters. The van der Waals surface area contributed by atoms with Gasteiger partial charge in [-0.05, 0) is 18.8 Å². The van der Waals surface area contributed by atoms with Crippen molar-refractivity contribution >= 4 is 17.3 Å². The van der Waals surface area contributed by atoms with E-state index in [4.69, 9.17) is 11.6 Å². The highest BCUT2D eigenvalue weighted by Crippen LogP contribution is 2.27. The van der Waals surface area contributed by atoms with Gasteiger partial charge in [-0.1, -0.05) is 23.4 Å². The van der Waals surface area contributed by atoms with E-state index in [1.807, 2.05) is 19.3 Å². The first kappa shape index (κ1) is 15.9. The van der Waals surface area contributed by atoms with Crippen LogP contribution in [0.4, 0.5) is 5.69 Å². The van der Waals surface area contributed by atoms with Gasteiger partial charge in [-0.15, -0.1) is 0 Å². The molecule has 3 heterocycles. The Morgan fingerprint density at radius 2 is 2.09 bits per heavy atom. The molecule has 0 aromatic carbocycles. The van der Waals surface area contributed by atoms with Crippen molar-refractivity contribution in [2.45, 2.75) is 12.8 Å². The lowest BCUT2D eigenvalue weighted by Gasteiger charge is -2.33. The fourth-order valence-electron chi connectivity index (χ4n) is 2.76. The summed E-state index contributed by atoms with van der Waals surface area (Å²) in [5.74, 6) is 6.69. The van der Waals surface area contributed by atoms with E-state index in [9.17, 15) is 5.11 Å². The van der Waals surface area contributed by atoms with E-state index in [2.05, 4.69) is 26.8 Å². The Hall–Kier alpha value is -2.03. The minimum Gasteiger partial charge on any atom is -0.396 e. The highest BCUT2D eigenvalue weighted by atomic mass is 35.5. The summed E-state index contributed by atoms with van der Waals surface area (Å²) in [7, 11) is 1.87. The molecule has 120 valence electrons. The van der Waals surface area contributed by atoms with E-state index in [0.717, 1.165) is 42.7 Å². The zero-order chi connectivity index (χ0) is 16.2. The highest BCUT2D eigenvalue weighted by Gasteiger charge is 2.20. The van der Waals surface area contributed by atoms with Gasteiger partial charge in [0.1, 0.15) is 5.15 Å². The lowest BCUT2D eigenvalue weighted by molar-refractivity contribution is 0.203. The average molecular weight is 331 g/mol. The van der Waals surface area contributed by atoms with Gasteiger partial charge in [0.15, 0.2) is 0 Å². The molecule has 0 bridgehead atoms. The maximum atomic E-state index is 9.28. The minimum atomic E-state index is 0.263. The van der Waals surface area contributed by atoms with Gasteiger partial charge in [0.05, 0.1) is 23.0 Å². The monoisotopic (exact) mass is 330 g/mol. The van der Waals surface area contributed by atoms with E-state index >= 15 is 0 Å². The van der Waals surface area contributed by atoms with Crippen LogP contribution >= 0.6 is 11.6 Å². The maximum Gasteiger partial charge on any atom is 0.131 e. The zero-order valence-corrected chi connectivity index (χ0v) is 13.8. The summed E-state index contributed by atoms with van der Waals surface area (Å²) in [6.07, 6.45) is 7.29. The summed E-state index contributed by atoms with van der Waals surface area (Å²) in [4.78, 5) is 6.43. The Morgan fingerprint density at radius 1 is 1.30 bits per heavy atom. The van der Waals surface area contributed by atoms with E-state index in [1.54, 1.807) is 17.1 Å². The minimum absolute atomic E-state index is 0.263. The zero-order valence-electron chi connectivity index (χ0n) is 13.0. The Morgan fingerprint density at radius 3 is 2.74 bits per heavy atom. The van der Waals surface area contributed by atoms with Crippen LogP contribution < -0.4 is 4.90 Å². The molecule has 0 saturated carbocycles. The van der Waals surface area contributed by atoms with Crippen LogP contribution in [0.1, 0.15) is 24.0 Å². The molecule has 2 aromatic rings. The van der Waals surface area contributed by atoms with Crippen LogP contribution in [-0.4, -0.2) is 39.6 Å². The van der Waals surface area contributed by atoms with Gasteiger partial charge in [-0.25, -0.2) is 4.98 Å². The molecule has 1 aliphatic rings.